The molecule has 1 aromatic heterocycles. The Labute approximate surface area is 137 Å². The van der Waals surface area contributed by atoms with Crippen LogP contribution >= 0.6 is 22.9 Å². The maximum Gasteiger partial charge on any atom is 0.0590 e. The van der Waals surface area contributed by atoms with Gasteiger partial charge in [-0.15, -0.1) is 11.3 Å². The highest BCUT2D eigenvalue weighted by Gasteiger charge is 2.18. The van der Waals surface area contributed by atoms with Crippen molar-refractivity contribution in [3.63, 3.8) is 0 Å². The molecule has 1 unspecified atom stereocenters. The summed E-state index contributed by atoms with van der Waals surface area (Å²) in [7, 11) is 2.00. The van der Waals surface area contributed by atoms with Gasteiger partial charge in [0.05, 0.1) is 5.02 Å². The number of hydrogen-bond donors (Lipinski definition) is 1. The van der Waals surface area contributed by atoms with Crippen molar-refractivity contribution < 1.29 is 0 Å². The first-order valence-corrected chi connectivity index (χ1v) is 8.59. The summed E-state index contributed by atoms with van der Waals surface area (Å²) in [5.41, 5.74) is 4.08. The summed E-state index contributed by atoms with van der Waals surface area (Å²) < 4.78 is 0. The first kappa shape index (κ1) is 16.5. The average Bonchev–Trinajstić information content (AvgIpc) is 2.76. The Morgan fingerprint density at radius 2 is 1.81 bits per heavy atom. The Balaban J connectivity index is 2.18. The smallest absolute Gasteiger partial charge is 0.0590 e. The highest BCUT2D eigenvalue weighted by atomic mass is 35.5. The molecule has 0 radical (unpaired) electrons. The van der Waals surface area contributed by atoms with Gasteiger partial charge in [0.25, 0.3) is 0 Å². The van der Waals surface area contributed by atoms with Crippen molar-refractivity contribution in [2.24, 2.45) is 0 Å². The number of halogens is 1. The Morgan fingerprint density at radius 1 is 1.19 bits per heavy atom. The summed E-state index contributed by atoms with van der Waals surface area (Å²) in [5, 5.41) is 6.43. The molecule has 0 bridgehead atoms. The SMILES string of the molecule is CNC(Cc1ccc(C(C)(C)C)cc1)c1scc(C)c1Cl. The van der Waals surface area contributed by atoms with E-state index in [1.54, 1.807) is 11.3 Å². The lowest BCUT2D eigenvalue weighted by atomic mass is 9.86. The fourth-order valence-corrected chi connectivity index (χ4v) is 3.82. The van der Waals surface area contributed by atoms with Crippen LogP contribution in [0.1, 0.15) is 48.4 Å². The molecule has 0 saturated carbocycles. The van der Waals surface area contributed by atoms with Crippen LogP contribution < -0.4 is 5.32 Å². The predicted molar refractivity (Wildman–Crippen MR) is 94.7 cm³/mol. The van der Waals surface area contributed by atoms with Gasteiger partial charge in [0.15, 0.2) is 0 Å². The van der Waals surface area contributed by atoms with Crippen LogP contribution in [-0.4, -0.2) is 7.05 Å². The second-order valence-electron chi connectivity index (χ2n) is 6.59. The second-order valence-corrected chi connectivity index (χ2v) is 7.88. The van der Waals surface area contributed by atoms with Gasteiger partial charge in [-0.3, -0.25) is 0 Å². The number of rotatable bonds is 4. The highest BCUT2D eigenvalue weighted by Crippen LogP contribution is 2.34. The molecule has 1 heterocycles. The lowest BCUT2D eigenvalue weighted by Gasteiger charge is -2.20. The van der Waals surface area contributed by atoms with Crippen LogP contribution in [0.25, 0.3) is 0 Å². The van der Waals surface area contributed by atoms with Crippen LogP contribution in [0.3, 0.4) is 0 Å². The fourth-order valence-electron chi connectivity index (χ4n) is 2.39. The van der Waals surface area contributed by atoms with Crippen LogP contribution in [0.5, 0.6) is 0 Å². The van der Waals surface area contributed by atoms with E-state index in [-0.39, 0.29) is 11.5 Å². The molecule has 0 amide bonds. The monoisotopic (exact) mass is 321 g/mol. The van der Waals surface area contributed by atoms with E-state index in [1.807, 2.05) is 7.05 Å². The minimum atomic E-state index is 0.203. The molecule has 0 aliphatic rings. The molecule has 1 N–H and O–H groups in total. The van der Waals surface area contributed by atoms with Crippen molar-refractivity contribution in [3.8, 4) is 0 Å². The molecular weight excluding hydrogens is 298 g/mol. The Bertz CT molecular complexity index is 593. The van der Waals surface area contributed by atoms with E-state index in [0.29, 0.717) is 0 Å². The van der Waals surface area contributed by atoms with Gasteiger partial charge in [-0.05, 0) is 47.9 Å². The van der Waals surface area contributed by atoms with Crippen LogP contribution in [0.15, 0.2) is 29.6 Å². The van der Waals surface area contributed by atoms with Gasteiger partial charge in [-0.25, -0.2) is 0 Å². The van der Waals surface area contributed by atoms with Gasteiger partial charge in [-0.2, -0.15) is 0 Å². The lowest BCUT2D eigenvalue weighted by molar-refractivity contribution is 0.586. The maximum atomic E-state index is 6.40. The van der Waals surface area contributed by atoms with E-state index in [1.165, 1.54) is 21.6 Å². The summed E-state index contributed by atoms with van der Waals surface area (Å²) in [6.45, 7) is 8.79. The Hall–Kier alpha value is -0.830. The molecule has 0 saturated heterocycles. The predicted octanol–water partition coefficient (Wildman–Crippen LogP) is 5.51. The first-order chi connectivity index (χ1) is 9.82. The molecule has 2 aromatic rings. The second kappa shape index (κ2) is 6.51. The molecular formula is C18H24ClNS. The number of likely N-dealkylation sites (N-methyl/N-ethyl adjacent to an activating group) is 1. The van der Waals surface area contributed by atoms with Crippen LogP contribution in [0.4, 0.5) is 0 Å². The minimum absolute atomic E-state index is 0.203. The van der Waals surface area contributed by atoms with Crippen molar-refractivity contribution in [1.82, 2.24) is 5.32 Å². The van der Waals surface area contributed by atoms with Crippen molar-refractivity contribution in [1.29, 1.82) is 0 Å². The molecule has 0 spiro atoms. The first-order valence-electron chi connectivity index (χ1n) is 7.33. The number of thiophene rings is 1. The van der Waals surface area contributed by atoms with Crippen molar-refractivity contribution >= 4 is 22.9 Å². The summed E-state index contributed by atoms with van der Waals surface area (Å²) in [6, 6.07) is 9.22. The van der Waals surface area contributed by atoms with Gasteiger partial charge in [0.1, 0.15) is 0 Å². The zero-order valence-corrected chi connectivity index (χ0v) is 15.0. The van der Waals surface area contributed by atoms with Gasteiger partial charge in [0, 0.05) is 10.9 Å². The normalized spacial score (nSPS) is 13.4. The Morgan fingerprint density at radius 3 is 2.24 bits per heavy atom. The van der Waals surface area contributed by atoms with E-state index in [4.69, 9.17) is 11.6 Å². The zero-order chi connectivity index (χ0) is 15.6. The van der Waals surface area contributed by atoms with Gasteiger partial charge < -0.3 is 5.32 Å². The van der Waals surface area contributed by atoms with Crippen LogP contribution in [0.2, 0.25) is 5.02 Å². The quantitative estimate of drug-likeness (QED) is 0.782. The molecule has 21 heavy (non-hydrogen) atoms. The molecule has 1 aromatic carbocycles. The number of benzene rings is 1. The van der Waals surface area contributed by atoms with Crippen LogP contribution in [-0.2, 0) is 11.8 Å². The van der Waals surface area contributed by atoms with E-state index in [2.05, 4.69) is 62.7 Å². The summed E-state index contributed by atoms with van der Waals surface area (Å²) in [5.74, 6) is 0. The van der Waals surface area contributed by atoms with Crippen molar-refractivity contribution in [3.05, 3.63) is 56.2 Å². The minimum Gasteiger partial charge on any atom is -0.312 e. The summed E-state index contributed by atoms with van der Waals surface area (Å²) >= 11 is 8.15. The number of nitrogens with one attached hydrogen (secondary N) is 1. The zero-order valence-electron chi connectivity index (χ0n) is 13.5. The topological polar surface area (TPSA) is 12.0 Å². The van der Waals surface area contributed by atoms with Crippen molar-refractivity contribution in [2.75, 3.05) is 7.05 Å². The maximum absolute atomic E-state index is 6.40. The average molecular weight is 322 g/mol. The molecule has 3 heteroatoms. The third kappa shape index (κ3) is 3.88. The van der Waals surface area contributed by atoms with E-state index < -0.39 is 0 Å². The molecule has 1 atom stereocenters. The molecule has 0 fully saturated rings. The summed E-state index contributed by atoms with van der Waals surface area (Å²) in [6.07, 6.45) is 0.959. The molecule has 2 rings (SSSR count). The van der Waals surface area contributed by atoms with Crippen molar-refractivity contribution in [2.45, 2.75) is 45.6 Å². The number of hydrogen-bond acceptors (Lipinski definition) is 2. The molecule has 1 nitrogen and oxygen atoms in total. The Kier molecular flexibility index (Phi) is 5.13. The van der Waals surface area contributed by atoms with Crippen LogP contribution in [0, 0.1) is 6.92 Å². The third-order valence-corrected chi connectivity index (χ3v) is 5.68. The standard InChI is InChI=1S/C18H24ClNS/c1-12-11-21-17(16(12)19)15(20-5)10-13-6-8-14(9-7-13)18(2,3)4/h6-9,11,15,20H,10H2,1-5H3. The third-order valence-electron chi connectivity index (χ3n) is 3.85. The van der Waals surface area contributed by atoms with Gasteiger partial charge >= 0.3 is 0 Å². The van der Waals surface area contributed by atoms with Gasteiger partial charge in [0.2, 0.25) is 0 Å². The molecule has 0 aliphatic heterocycles. The van der Waals surface area contributed by atoms with E-state index in [9.17, 15) is 0 Å². The molecule has 114 valence electrons. The van der Waals surface area contributed by atoms with Gasteiger partial charge in [-0.1, -0.05) is 56.6 Å². The highest BCUT2D eigenvalue weighted by molar-refractivity contribution is 7.10. The van der Waals surface area contributed by atoms with E-state index >= 15 is 0 Å². The fraction of sp³-hybridized carbons (Fsp3) is 0.444. The largest absolute Gasteiger partial charge is 0.312 e. The number of aryl methyl sites for hydroxylation is 1. The molecule has 0 aliphatic carbocycles. The van der Waals surface area contributed by atoms with E-state index in [0.717, 1.165) is 11.4 Å². The lowest BCUT2D eigenvalue weighted by Crippen LogP contribution is -2.18. The summed E-state index contributed by atoms with van der Waals surface area (Å²) in [4.78, 5) is 1.23.